The van der Waals surface area contributed by atoms with Gasteiger partial charge in [-0.25, -0.2) is 14.0 Å². The van der Waals surface area contributed by atoms with Gasteiger partial charge in [0.05, 0.1) is 36.2 Å². The van der Waals surface area contributed by atoms with Crippen molar-refractivity contribution >= 4 is 27.3 Å². The van der Waals surface area contributed by atoms with Crippen molar-refractivity contribution in [3.05, 3.63) is 59.5 Å². The average molecular weight is 520 g/mol. The van der Waals surface area contributed by atoms with Crippen molar-refractivity contribution in [3.63, 3.8) is 0 Å². The summed E-state index contributed by atoms with van der Waals surface area (Å²) < 4.78 is 37.7. The first kappa shape index (κ1) is 22.4. The average Bonchev–Trinajstić information content (AvgIpc) is 3.26. The van der Waals surface area contributed by atoms with Crippen LogP contribution in [-0.2, 0) is 34.1 Å². The fourth-order valence-electron chi connectivity index (χ4n) is 5.43. The number of pyridine rings is 1. The lowest BCUT2D eigenvalue weighted by atomic mass is 9.97. The van der Waals surface area contributed by atoms with E-state index in [9.17, 15) is 13.2 Å². The summed E-state index contributed by atoms with van der Waals surface area (Å²) in [6.45, 7) is 0.975. The number of carbonyl (C=O) groups is 1. The van der Waals surface area contributed by atoms with E-state index in [1.807, 2.05) is 18.2 Å². The third kappa shape index (κ3) is 3.96. The Bertz CT molecular complexity index is 1650. The Hall–Kier alpha value is -3.77. The molecular formula is C25H25N7O4S. The van der Waals surface area contributed by atoms with Crippen LogP contribution in [0.15, 0.2) is 47.8 Å². The van der Waals surface area contributed by atoms with E-state index in [1.165, 1.54) is 6.07 Å². The van der Waals surface area contributed by atoms with Gasteiger partial charge >= 0.3 is 6.03 Å². The highest BCUT2D eigenvalue weighted by Gasteiger charge is 2.38. The number of aromatic nitrogens is 5. The minimum Gasteiger partial charge on any atom is -0.370 e. The van der Waals surface area contributed by atoms with Crippen molar-refractivity contribution in [2.45, 2.75) is 49.8 Å². The number of hydrogen-bond acceptors (Lipinski definition) is 7. The van der Waals surface area contributed by atoms with Gasteiger partial charge in [0.2, 0.25) is 0 Å². The van der Waals surface area contributed by atoms with Crippen LogP contribution in [0, 0.1) is 5.92 Å². The highest BCUT2D eigenvalue weighted by Crippen LogP contribution is 2.45. The first-order chi connectivity index (χ1) is 18.0. The van der Waals surface area contributed by atoms with Gasteiger partial charge in [0, 0.05) is 17.8 Å². The van der Waals surface area contributed by atoms with Gasteiger partial charge in [-0.1, -0.05) is 17.3 Å². The number of ether oxygens (including phenoxy) is 1. The van der Waals surface area contributed by atoms with Crippen molar-refractivity contribution in [1.82, 2.24) is 29.3 Å². The zero-order valence-electron chi connectivity index (χ0n) is 19.9. The molecule has 190 valence electrons. The maximum atomic E-state index is 13.1. The Morgan fingerprint density at radius 3 is 2.89 bits per heavy atom. The minimum absolute atomic E-state index is 0.142. The largest absolute Gasteiger partial charge is 0.370 e. The van der Waals surface area contributed by atoms with Gasteiger partial charge in [-0.3, -0.25) is 4.68 Å². The summed E-state index contributed by atoms with van der Waals surface area (Å²) in [6, 6.07) is 8.57. The zero-order valence-corrected chi connectivity index (χ0v) is 20.7. The van der Waals surface area contributed by atoms with Crippen LogP contribution in [0.2, 0.25) is 0 Å². The molecule has 12 heteroatoms. The predicted molar refractivity (Wildman–Crippen MR) is 133 cm³/mol. The Morgan fingerprint density at radius 2 is 2.03 bits per heavy atom. The van der Waals surface area contributed by atoms with E-state index in [1.54, 1.807) is 21.6 Å². The third-order valence-corrected chi connectivity index (χ3v) is 8.57. The molecule has 2 N–H and O–H groups in total. The molecule has 11 nitrogen and oxygen atoms in total. The first-order valence-electron chi connectivity index (χ1n) is 12.4. The Kier molecular flexibility index (Phi) is 5.08. The molecule has 4 heterocycles. The second-order valence-electron chi connectivity index (χ2n) is 9.82. The van der Waals surface area contributed by atoms with Crippen LogP contribution in [0.4, 0.5) is 10.5 Å². The number of nitrogens with one attached hydrogen (secondary N) is 2. The number of benzene rings is 1. The summed E-state index contributed by atoms with van der Waals surface area (Å²) in [5.74, 6) is 0.402. The van der Waals surface area contributed by atoms with Gasteiger partial charge in [-0.15, -0.1) is 5.10 Å². The predicted octanol–water partition coefficient (Wildman–Crippen LogP) is 3.07. The van der Waals surface area contributed by atoms with Gasteiger partial charge in [0.15, 0.2) is 5.03 Å². The molecule has 1 unspecified atom stereocenters. The van der Waals surface area contributed by atoms with Crippen LogP contribution in [0.1, 0.15) is 42.2 Å². The molecule has 1 aliphatic heterocycles. The van der Waals surface area contributed by atoms with E-state index in [-0.39, 0.29) is 11.1 Å². The molecular weight excluding hydrogens is 494 g/mol. The van der Waals surface area contributed by atoms with E-state index in [0.29, 0.717) is 24.8 Å². The number of aryl methyl sites for hydroxylation is 1. The summed E-state index contributed by atoms with van der Waals surface area (Å²) in [6.07, 6.45) is 8.14. The molecule has 0 bridgehead atoms. The number of fused-ring (bicyclic) bond motifs is 3. The minimum atomic E-state index is -4.18. The molecule has 2 aliphatic carbocycles. The molecule has 0 saturated heterocycles. The standard InChI is InChI=1S/C25H25N7O4S/c33-25(29-37(34,35)22-13-21-24(16-4-5-16)36-11-10-32(21)28-22)27-23-19-3-1-2-15(19)6-7-20(23)17-8-9-31-18(12-17)14-26-30-31/h6-9,12-14,16,24H,1-5,10-11H2,(H2,27,29,33). The fraction of sp³-hybridized carbons (Fsp3) is 0.360. The van der Waals surface area contributed by atoms with E-state index < -0.39 is 16.1 Å². The highest BCUT2D eigenvalue weighted by molar-refractivity contribution is 7.90. The van der Waals surface area contributed by atoms with Crippen LogP contribution in [0.3, 0.4) is 0 Å². The van der Waals surface area contributed by atoms with Crippen LogP contribution in [-0.4, -0.2) is 45.7 Å². The highest BCUT2D eigenvalue weighted by atomic mass is 32.2. The molecule has 3 aliphatic rings. The molecule has 0 radical (unpaired) electrons. The van der Waals surface area contributed by atoms with E-state index in [2.05, 4.69) is 31.5 Å². The topological polar surface area (TPSA) is 133 Å². The number of hydrogen-bond donors (Lipinski definition) is 2. The number of amides is 2. The summed E-state index contributed by atoms with van der Waals surface area (Å²) in [4.78, 5) is 13.1. The number of nitrogens with zero attached hydrogens (tertiary/aromatic N) is 5. The molecule has 37 heavy (non-hydrogen) atoms. The van der Waals surface area contributed by atoms with Crippen molar-refractivity contribution in [2.24, 2.45) is 5.92 Å². The SMILES string of the molecule is O=C(Nc1c(-c2ccn3nncc3c2)ccc2c1CCC2)NS(=O)(=O)c1cc2n(n1)CCOC2C1CC1. The van der Waals surface area contributed by atoms with Crippen molar-refractivity contribution in [3.8, 4) is 11.1 Å². The van der Waals surface area contributed by atoms with E-state index in [4.69, 9.17) is 4.74 Å². The summed E-state index contributed by atoms with van der Waals surface area (Å²) in [5, 5.41) is 14.9. The smallest absolute Gasteiger partial charge is 0.333 e. The van der Waals surface area contributed by atoms with E-state index >= 15 is 0 Å². The number of rotatable bonds is 5. The molecule has 0 spiro atoms. The molecule has 1 aromatic carbocycles. The number of carbonyl (C=O) groups excluding carboxylic acids is 1. The molecule has 1 saturated carbocycles. The Balaban J connectivity index is 1.18. The summed E-state index contributed by atoms with van der Waals surface area (Å²) in [5.41, 5.74) is 6.04. The molecule has 2 amide bonds. The summed E-state index contributed by atoms with van der Waals surface area (Å²) >= 11 is 0. The zero-order chi connectivity index (χ0) is 25.1. The third-order valence-electron chi connectivity index (χ3n) is 7.37. The molecule has 1 atom stereocenters. The molecule has 4 aromatic rings. The van der Waals surface area contributed by atoms with Crippen LogP contribution < -0.4 is 10.0 Å². The van der Waals surface area contributed by atoms with Crippen LogP contribution in [0.25, 0.3) is 16.6 Å². The van der Waals surface area contributed by atoms with Gasteiger partial charge in [-0.05, 0) is 66.8 Å². The van der Waals surface area contributed by atoms with Gasteiger partial charge in [-0.2, -0.15) is 13.5 Å². The van der Waals surface area contributed by atoms with Gasteiger partial charge in [0.25, 0.3) is 10.0 Å². The van der Waals surface area contributed by atoms with Crippen molar-refractivity contribution in [2.75, 3.05) is 11.9 Å². The Labute approximate surface area is 212 Å². The lowest BCUT2D eigenvalue weighted by molar-refractivity contribution is 0.00273. The lowest BCUT2D eigenvalue weighted by Gasteiger charge is -2.23. The van der Waals surface area contributed by atoms with Crippen molar-refractivity contribution in [1.29, 1.82) is 0 Å². The second-order valence-corrected chi connectivity index (χ2v) is 11.4. The normalized spacial score (nSPS) is 19.0. The van der Waals surface area contributed by atoms with E-state index in [0.717, 1.165) is 65.6 Å². The number of anilines is 1. The maximum absolute atomic E-state index is 13.1. The molecule has 7 rings (SSSR count). The summed E-state index contributed by atoms with van der Waals surface area (Å²) in [7, 11) is -4.18. The maximum Gasteiger partial charge on any atom is 0.333 e. The molecule has 3 aromatic heterocycles. The van der Waals surface area contributed by atoms with Gasteiger partial charge < -0.3 is 10.1 Å². The number of urea groups is 1. The number of sulfonamides is 1. The second kappa shape index (κ2) is 8.38. The monoisotopic (exact) mass is 519 g/mol. The van der Waals surface area contributed by atoms with Crippen molar-refractivity contribution < 1.29 is 17.9 Å². The quantitative estimate of drug-likeness (QED) is 0.414. The van der Waals surface area contributed by atoms with Crippen LogP contribution >= 0.6 is 0 Å². The molecule has 1 fully saturated rings. The van der Waals surface area contributed by atoms with Gasteiger partial charge in [0.1, 0.15) is 6.10 Å². The van der Waals surface area contributed by atoms with Crippen LogP contribution in [0.5, 0.6) is 0 Å². The lowest BCUT2D eigenvalue weighted by Crippen LogP contribution is -2.35. The first-order valence-corrected chi connectivity index (χ1v) is 13.9. The Morgan fingerprint density at radius 1 is 1.14 bits per heavy atom. The fourth-order valence-corrected chi connectivity index (χ4v) is 6.32.